The largest absolute Gasteiger partial charge is 0.480 e. The van der Waals surface area contributed by atoms with E-state index in [2.05, 4.69) is 5.32 Å². The normalized spacial score (nSPS) is 16.9. The first-order valence-electron chi connectivity index (χ1n) is 4.68. The third kappa shape index (κ3) is 3.74. The Hall–Kier alpha value is -1.10. The van der Waals surface area contributed by atoms with Crippen LogP contribution in [0.1, 0.15) is 27.2 Å². The van der Waals surface area contributed by atoms with Crippen molar-refractivity contribution < 1.29 is 14.7 Å². The van der Waals surface area contributed by atoms with Crippen molar-refractivity contribution in [2.75, 3.05) is 0 Å². The van der Waals surface area contributed by atoms with Gasteiger partial charge in [0.2, 0.25) is 5.91 Å². The monoisotopic (exact) mass is 202 g/mol. The Balaban J connectivity index is 4.38. The molecule has 0 aliphatic rings. The molecule has 0 aromatic heterocycles. The third-order valence-electron chi connectivity index (χ3n) is 2.19. The molecule has 0 aliphatic heterocycles. The zero-order valence-electron chi connectivity index (χ0n) is 8.78. The molecule has 0 rings (SSSR count). The minimum atomic E-state index is -1.02. The van der Waals surface area contributed by atoms with Gasteiger partial charge in [0.05, 0.1) is 6.04 Å². The number of hydrogen-bond donors (Lipinski definition) is 3. The maximum absolute atomic E-state index is 11.2. The topological polar surface area (TPSA) is 92.4 Å². The van der Waals surface area contributed by atoms with E-state index in [4.69, 9.17) is 10.8 Å². The molecule has 0 heterocycles. The van der Waals surface area contributed by atoms with E-state index < -0.39 is 24.0 Å². The highest BCUT2D eigenvalue weighted by molar-refractivity contribution is 5.86. The van der Waals surface area contributed by atoms with Crippen LogP contribution < -0.4 is 11.1 Å². The molecule has 3 atom stereocenters. The molecule has 0 bridgehead atoms. The Labute approximate surface area is 83.7 Å². The van der Waals surface area contributed by atoms with Crippen LogP contribution in [-0.4, -0.2) is 29.1 Å². The third-order valence-corrected chi connectivity index (χ3v) is 2.19. The summed E-state index contributed by atoms with van der Waals surface area (Å²) in [5, 5.41) is 11.3. The number of aliphatic carboxylic acids is 1. The van der Waals surface area contributed by atoms with E-state index in [1.54, 1.807) is 6.92 Å². The zero-order chi connectivity index (χ0) is 11.3. The molecule has 0 aromatic rings. The first-order valence-corrected chi connectivity index (χ1v) is 4.68. The van der Waals surface area contributed by atoms with E-state index in [1.165, 1.54) is 6.92 Å². The SMILES string of the molecule is CC[C@@H](C)[C@H](NC(=O)[C@H](C)N)C(=O)O. The molecule has 0 aliphatic carbocycles. The highest BCUT2D eigenvalue weighted by Crippen LogP contribution is 2.07. The van der Waals surface area contributed by atoms with E-state index in [9.17, 15) is 9.59 Å². The number of carbonyl (C=O) groups is 2. The fraction of sp³-hybridized carbons (Fsp3) is 0.778. The van der Waals surface area contributed by atoms with Crippen LogP contribution in [0.4, 0.5) is 0 Å². The molecule has 1 amide bonds. The smallest absolute Gasteiger partial charge is 0.326 e. The average molecular weight is 202 g/mol. The van der Waals surface area contributed by atoms with Crippen molar-refractivity contribution in [1.82, 2.24) is 5.32 Å². The number of amides is 1. The molecular formula is C9H18N2O3. The summed E-state index contributed by atoms with van der Waals surface area (Å²) >= 11 is 0. The predicted octanol–water partition coefficient (Wildman–Crippen LogP) is -0.0509. The van der Waals surface area contributed by atoms with Gasteiger partial charge in [0.25, 0.3) is 0 Å². The van der Waals surface area contributed by atoms with Crippen LogP contribution in [0.3, 0.4) is 0 Å². The van der Waals surface area contributed by atoms with Crippen molar-refractivity contribution in [3.05, 3.63) is 0 Å². The Morgan fingerprint density at radius 1 is 1.43 bits per heavy atom. The van der Waals surface area contributed by atoms with Gasteiger partial charge in [-0.2, -0.15) is 0 Å². The van der Waals surface area contributed by atoms with Crippen LogP contribution in [0.25, 0.3) is 0 Å². The van der Waals surface area contributed by atoms with Gasteiger partial charge in [-0.05, 0) is 12.8 Å². The second-order valence-electron chi connectivity index (χ2n) is 3.50. The first-order chi connectivity index (χ1) is 6.40. The molecule has 0 saturated carbocycles. The van der Waals surface area contributed by atoms with Crippen LogP contribution in [0.15, 0.2) is 0 Å². The fourth-order valence-corrected chi connectivity index (χ4v) is 0.968. The molecule has 0 spiro atoms. The molecule has 0 aromatic carbocycles. The Bertz CT molecular complexity index is 216. The van der Waals surface area contributed by atoms with Gasteiger partial charge in [-0.1, -0.05) is 20.3 Å². The lowest BCUT2D eigenvalue weighted by atomic mass is 9.99. The highest BCUT2D eigenvalue weighted by atomic mass is 16.4. The quantitative estimate of drug-likeness (QED) is 0.582. The van der Waals surface area contributed by atoms with Crippen LogP contribution in [-0.2, 0) is 9.59 Å². The fourth-order valence-electron chi connectivity index (χ4n) is 0.968. The Morgan fingerprint density at radius 3 is 2.21 bits per heavy atom. The van der Waals surface area contributed by atoms with Crippen molar-refractivity contribution in [2.24, 2.45) is 11.7 Å². The van der Waals surface area contributed by atoms with Gasteiger partial charge in [0, 0.05) is 0 Å². The second-order valence-corrected chi connectivity index (χ2v) is 3.50. The lowest BCUT2D eigenvalue weighted by Gasteiger charge is -2.20. The molecule has 0 unspecified atom stereocenters. The van der Waals surface area contributed by atoms with Gasteiger partial charge in [0.15, 0.2) is 0 Å². The van der Waals surface area contributed by atoms with E-state index in [-0.39, 0.29) is 5.92 Å². The molecule has 5 nitrogen and oxygen atoms in total. The van der Waals surface area contributed by atoms with Gasteiger partial charge in [-0.25, -0.2) is 4.79 Å². The van der Waals surface area contributed by atoms with Crippen molar-refractivity contribution in [3.8, 4) is 0 Å². The summed E-state index contributed by atoms with van der Waals surface area (Å²) in [7, 11) is 0. The number of nitrogens with one attached hydrogen (secondary N) is 1. The second kappa shape index (κ2) is 5.59. The summed E-state index contributed by atoms with van der Waals surface area (Å²) < 4.78 is 0. The maximum atomic E-state index is 11.2. The molecule has 5 heteroatoms. The summed E-state index contributed by atoms with van der Waals surface area (Å²) in [4.78, 5) is 22.0. The Morgan fingerprint density at radius 2 is 1.93 bits per heavy atom. The minimum absolute atomic E-state index is 0.102. The van der Waals surface area contributed by atoms with Crippen molar-refractivity contribution in [2.45, 2.75) is 39.3 Å². The van der Waals surface area contributed by atoms with Crippen LogP contribution in [0, 0.1) is 5.92 Å². The number of hydrogen-bond acceptors (Lipinski definition) is 3. The molecule has 4 N–H and O–H groups in total. The molecule has 0 saturated heterocycles. The van der Waals surface area contributed by atoms with E-state index >= 15 is 0 Å². The number of carbonyl (C=O) groups excluding carboxylic acids is 1. The van der Waals surface area contributed by atoms with Crippen molar-refractivity contribution >= 4 is 11.9 Å². The number of carboxylic acids is 1. The molecule has 0 fully saturated rings. The summed E-state index contributed by atoms with van der Waals surface area (Å²) in [6.07, 6.45) is 0.691. The van der Waals surface area contributed by atoms with E-state index in [0.29, 0.717) is 6.42 Å². The molecule has 0 radical (unpaired) electrons. The summed E-state index contributed by atoms with van der Waals surface area (Å²) in [5.41, 5.74) is 5.32. The zero-order valence-corrected chi connectivity index (χ0v) is 8.78. The molecule has 14 heavy (non-hydrogen) atoms. The first kappa shape index (κ1) is 12.9. The lowest BCUT2D eigenvalue weighted by Crippen LogP contribution is -2.50. The summed E-state index contributed by atoms with van der Waals surface area (Å²) in [6.45, 7) is 5.17. The summed E-state index contributed by atoms with van der Waals surface area (Å²) in [6, 6.07) is -1.53. The minimum Gasteiger partial charge on any atom is -0.480 e. The number of nitrogens with two attached hydrogens (primary N) is 1. The van der Waals surface area contributed by atoms with Gasteiger partial charge in [-0.15, -0.1) is 0 Å². The summed E-state index contributed by atoms with van der Waals surface area (Å²) in [5.74, 6) is -1.55. The van der Waals surface area contributed by atoms with Gasteiger partial charge >= 0.3 is 5.97 Å². The maximum Gasteiger partial charge on any atom is 0.326 e. The van der Waals surface area contributed by atoms with Crippen molar-refractivity contribution in [3.63, 3.8) is 0 Å². The highest BCUT2D eigenvalue weighted by Gasteiger charge is 2.25. The number of rotatable bonds is 5. The van der Waals surface area contributed by atoms with E-state index in [1.807, 2.05) is 6.92 Å². The number of carboxylic acid groups (broad SMARTS) is 1. The van der Waals surface area contributed by atoms with Crippen LogP contribution in [0.2, 0.25) is 0 Å². The molecular weight excluding hydrogens is 184 g/mol. The average Bonchev–Trinajstić information content (AvgIpc) is 2.11. The molecule has 82 valence electrons. The van der Waals surface area contributed by atoms with E-state index in [0.717, 1.165) is 0 Å². The lowest BCUT2D eigenvalue weighted by molar-refractivity contribution is -0.143. The predicted molar refractivity (Wildman–Crippen MR) is 52.7 cm³/mol. The Kier molecular flexibility index (Phi) is 5.15. The van der Waals surface area contributed by atoms with Crippen LogP contribution >= 0.6 is 0 Å². The van der Waals surface area contributed by atoms with Gasteiger partial charge in [0.1, 0.15) is 6.04 Å². The van der Waals surface area contributed by atoms with Gasteiger partial charge < -0.3 is 16.2 Å². The van der Waals surface area contributed by atoms with Crippen LogP contribution in [0.5, 0.6) is 0 Å². The van der Waals surface area contributed by atoms with Gasteiger partial charge in [-0.3, -0.25) is 4.79 Å². The van der Waals surface area contributed by atoms with Crippen molar-refractivity contribution in [1.29, 1.82) is 0 Å². The standard InChI is InChI=1S/C9H18N2O3/c1-4-5(2)7(9(13)14)11-8(12)6(3)10/h5-7H,4,10H2,1-3H3,(H,11,12)(H,13,14)/t5-,6+,7+/m1/s1.